The Balaban J connectivity index is 2.12. The molecule has 0 atom stereocenters. The van der Waals surface area contributed by atoms with Gasteiger partial charge < -0.3 is 10.6 Å². The lowest BCUT2D eigenvalue weighted by atomic mass is 10.4. The maximum Gasteiger partial charge on any atom is 0.152 e. The maximum absolute atomic E-state index is 4.25. The molecule has 0 saturated carbocycles. The van der Waals surface area contributed by atoms with Crippen molar-refractivity contribution in [3.8, 4) is 0 Å². The van der Waals surface area contributed by atoms with Crippen molar-refractivity contribution in [3.63, 3.8) is 0 Å². The standard InChI is InChI=1S/C11H15N5/c1-3-12-11-8-9(4-6-13-11)14-10-5-7-16(2)15-10/h4-8H,3H2,1-2H3,(H2,12,13,14,15). The van der Waals surface area contributed by atoms with Crippen LogP contribution in [-0.2, 0) is 7.05 Å². The number of rotatable bonds is 4. The van der Waals surface area contributed by atoms with E-state index in [-0.39, 0.29) is 0 Å². The van der Waals surface area contributed by atoms with Gasteiger partial charge in [-0.15, -0.1) is 0 Å². The number of hydrogen-bond acceptors (Lipinski definition) is 4. The third-order valence-corrected chi connectivity index (χ3v) is 2.10. The van der Waals surface area contributed by atoms with E-state index in [1.54, 1.807) is 10.9 Å². The first-order valence-electron chi connectivity index (χ1n) is 5.24. The molecule has 0 spiro atoms. The van der Waals surface area contributed by atoms with Gasteiger partial charge >= 0.3 is 0 Å². The van der Waals surface area contributed by atoms with E-state index in [1.165, 1.54) is 0 Å². The average molecular weight is 217 g/mol. The lowest BCUT2D eigenvalue weighted by Gasteiger charge is -2.05. The van der Waals surface area contributed by atoms with Crippen LogP contribution in [0.5, 0.6) is 0 Å². The second-order valence-corrected chi connectivity index (χ2v) is 3.46. The Morgan fingerprint density at radius 2 is 2.19 bits per heavy atom. The number of pyridine rings is 1. The van der Waals surface area contributed by atoms with Crippen LogP contribution in [0.3, 0.4) is 0 Å². The fourth-order valence-corrected chi connectivity index (χ4v) is 1.42. The van der Waals surface area contributed by atoms with E-state index in [2.05, 4.69) is 20.7 Å². The van der Waals surface area contributed by atoms with E-state index >= 15 is 0 Å². The van der Waals surface area contributed by atoms with Gasteiger partial charge in [-0.25, -0.2) is 4.98 Å². The van der Waals surface area contributed by atoms with Crippen LogP contribution in [0.4, 0.5) is 17.3 Å². The average Bonchev–Trinajstić information content (AvgIpc) is 2.65. The van der Waals surface area contributed by atoms with Gasteiger partial charge in [0.15, 0.2) is 5.82 Å². The molecule has 2 rings (SSSR count). The van der Waals surface area contributed by atoms with Gasteiger partial charge in [-0.2, -0.15) is 5.10 Å². The van der Waals surface area contributed by atoms with E-state index in [0.29, 0.717) is 0 Å². The summed E-state index contributed by atoms with van der Waals surface area (Å²) >= 11 is 0. The molecule has 2 aromatic rings. The van der Waals surface area contributed by atoms with Crippen LogP contribution in [0.1, 0.15) is 6.92 Å². The topological polar surface area (TPSA) is 54.8 Å². The Labute approximate surface area is 94.5 Å². The summed E-state index contributed by atoms with van der Waals surface area (Å²) in [4.78, 5) is 4.20. The Morgan fingerprint density at radius 1 is 1.31 bits per heavy atom. The van der Waals surface area contributed by atoms with Crippen molar-refractivity contribution >= 4 is 17.3 Å². The first kappa shape index (κ1) is 10.5. The highest BCUT2D eigenvalue weighted by atomic mass is 15.3. The summed E-state index contributed by atoms with van der Waals surface area (Å²) in [6, 6.07) is 5.79. The molecule has 0 aliphatic rings. The number of nitrogens with one attached hydrogen (secondary N) is 2. The van der Waals surface area contributed by atoms with Gasteiger partial charge in [0, 0.05) is 43.8 Å². The zero-order chi connectivity index (χ0) is 11.4. The van der Waals surface area contributed by atoms with Crippen LogP contribution >= 0.6 is 0 Å². The highest BCUT2D eigenvalue weighted by Crippen LogP contribution is 2.16. The van der Waals surface area contributed by atoms with Crippen molar-refractivity contribution in [1.82, 2.24) is 14.8 Å². The normalized spacial score (nSPS) is 10.1. The van der Waals surface area contributed by atoms with Crippen molar-refractivity contribution in [1.29, 1.82) is 0 Å². The monoisotopic (exact) mass is 217 g/mol. The smallest absolute Gasteiger partial charge is 0.152 e. The van der Waals surface area contributed by atoms with E-state index in [0.717, 1.165) is 23.9 Å². The zero-order valence-electron chi connectivity index (χ0n) is 9.44. The highest BCUT2D eigenvalue weighted by molar-refractivity contribution is 5.59. The van der Waals surface area contributed by atoms with E-state index in [9.17, 15) is 0 Å². The first-order valence-corrected chi connectivity index (χ1v) is 5.24. The van der Waals surface area contributed by atoms with Crippen LogP contribution in [0.2, 0.25) is 0 Å². The lowest BCUT2D eigenvalue weighted by Crippen LogP contribution is -2.00. The molecule has 0 amide bonds. The minimum Gasteiger partial charge on any atom is -0.370 e. The number of hydrogen-bond donors (Lipinski definition) is 2. The lowest BCUT2D eigenvalue weighted by molar-refractivity contribution is 0.771. The molecule has 0 aromatic carbocycles. The third-order valence-electron chi connectivity index (χ3n) is 2.10. The molecule has 2 heterocycles. The fraction of sp³-hybridized carbons (Fsp3) is 0.273. The second kappa shape index (κ2) is 4.65. The molecule has 0 aliphatic heterocycles. The Hall–Kier alpha value is -2.04. The second-order valence-electron chi connectivity index (χ2n) is 3.46. The predicted octanol–water partition coefficient (Wildman–Crippen LogP) is 1.99. The zero-order valence-corrected chi connectivity index (χ0v) is 9.44. The van der Waals surface area contributed by atoms with Gasteiger partial charge in [-0.3, -0.25) is 4.68 Å². The van der Waals surface area contributed by atoms with Crippen LogP contribution < -0.4 is 10.6 Å². The molecule has 0 unspecified atom stereocenters. The molecule has 16 heavy (non-hydrogen) atoms. The highest BCUT2D eigenvalue weighted by Gasteiger charge is 1.99. The van der Waals surface area contributed by atoms with Crippen molar-refractivity contribution in [2.75, 3.05) is 17.2 Å². The maximum atomic E-state index is 4.25. The number of anilines is 3. The largest absolute Gasteiger partial charge is 0.370 e. The number of nitrogens with zero attached hydrogens (tertiary/aromatic N) is 3. The quantitative estimate of drug-likeness (QED) is 0.822. The van der Waals surface area contributed by atoms with Crippen molar-refractivity contribution in [2.45, 2.75) is 6.92 Å². The van der Waals surface area contributed by atoms with Gasteiger partial charge in [0.25, 0.3) is 0 Å². The molecule has 2 N–H and O–H groups in total. The molecule has 0 saturated heterocycles. The SMILES string of the molecule is CCNc1cc(Nc2ccn(C)n2)ccn1. The minimum absolute atomic E-state index is 0.830. The van der Waals surface area contributed by atoms with Crippen molar-refractivity contribution in [2.24, 2.45) is 7.05 Å². The van der Waals surface area contributed by atoms with Crippen LogP contribution in [-0.4, -0.2) is 21.3 Å². The van der Waals surface area contributed by atoms with Crippen molar-refractivity contribution < 1.29 is 0 Å². The summed E-state index contributed by atoms with van der Waals surface area (Å²) in [5.41, 5.74) is 0.977. The van der Waals surface area contributed by atoms with E-state index in [4.69, 9.17) is 0 Å². The predicted molar refractivity (Wildman–Crippen MR) is 64.9 cm³/mol. The summed E-state index contributed by atoms with van der Waals surface area (Å²) in [5.74, 6) is 1.69. The van der Waals surface area contributed by atoms with Gasteiger partial charge in [-0.05, 0) is 13.0 Å². The molecule has 0 radical (unpaired) electrons. The molecule has 5 nitrogen and oxygen atoms in total. The molecule has 0 fully saturated rings. The molecule has 0 bridgehead atoms. The van der Waals surface area contributed by atoms with Crippen LogP contribution in [0.15, 0.2) is 30.6 Å². The first-order chi connectivity index (χ1) is 7.78. The molecular formula is C11H15N5. The molecule has 84 valence electrons. The summed E-state index contributed by atoms with van der Waals surface area (Å²) in [6.45, 7) is 2.90. The van der Waals surface area contributed by atoms with Gasteiger partial charge in [0.1, 0.15) is 5.82 Å². The van der Waals surface area contributed by atoms with E-state index in [1.807, 2.05) is 38.4 Å². The minimum atomic E-state index is 0.830. The Kier molecular flexibility index (Phi) is 3.05. The van der Waals surface area contributed by atoms with Crippen LogP contribution in [0.25, 0.3) is 0 Å². The molecule has 2 aromatic heterocycles. The molecule has 0 aliphatic carbocycles. The molecule has 5 heteroatoms. The van der Waals surface area contributed by atoms with Crippen LogP contribution in [0, 0.1) is 0 Å². The summed E-state index contributed by atoms with van der Waals surface area (Å²) in [7, 11) is 1.89. The van der Waals surface area contributed by atoms with Gasteiger partial charge in [0.2, 0.25) is 0 Å². The Bertz CT molecular complexity index is 463. The summed E-state index contributed by atoms with van der Waals surface area (Å²) in [6.07, 6.45) is 3.66. The third kappa shape index (κ3) is 2.50. The summed E-state index contributed by atoms with van der Waals surface area (Å²) in [5, 5.41) is 10.6. The number of aromatic nitrogens is 3. The Morgan fingerprint density at radius 3 is 2.88 bits per heavy atom. The summed E-state index contributed by atoms with van der Waals surface area (Å²) < 4.78 is 1.76. The van der Waals surface area contributed by atoms with E-state index < -0.39 is 0 Å². The fourth-order valence-electron chi connectivity index (χ4n) is 1.42. The van der Waals surface area contributed by atoms with Gasteiger partial charge in [-0.1, -0.05) is 0 Å². The van der Waals surface area contributed by atoms with Gasteiger partial charge in [0.05, 0.1) is 0 Å². The van der Waals surface area contributed by atoms with Crippen molar-refractivity contribution in [3.05, 3.63) is 30.6 Å². The number of aryl methyl sites for hydroxylation is 1. The molecular weight excluding hydrogens is 202 g/mol.